The summed E-state index contributed by atoms with van der Waals surface area (Å²) in [5, 5.41) is 24.9. The molecule has 0 aromatic heterocycles. The van der Waals surface area contributed by atoms with E-state index in [1.165, 1.54) is 7.11 Å². The van der Waals surface area contributed by atoms with Gasteiger partial charge in [0, 0.05) is 25.8 Å². The monoisotopic (exact) mass is 561 g/mol. The van der Waals surface area contributed by atoms with Gasteiger partial charge in [0.1, 0.15) is 12.1 Å². The van der Waals surface area contributed by atoms with Crippen molar-refractivity contribution in [1.82, 2.24) is 16.0 Å². The quantitative estimate of drug-likeness (QED) is 0.0612. The number of rotatable bonds is 20. The van der Waals surface area contributed by atoms with Crippen LogP contribution in [0.25, 0.3) is 0 Å². The van der Waals surface area contributed by atoms with Crippen LogP contribution in [-0.4, -0.2) is 96.7 Å². The second-order valence-corrected chi connectivity index (χ2v) is 8.62. The summed E-state index contributed by atoms with van der Waals surface area (Å²) in [5.41, 5.74) is 11.4. The minimum Gasteiger partial charge on any atom is -0.481 e. The number of nitrogens with one attached hydrogen (secondary N) is 3. The van der Waals surface area contributed by atoms with Gasteiger partial charge in [0.15, 0.2) is 0 Å². The molecule has 16 heteroatoms. The molecule has 0 radical (unpaired) electrons. The Kier molecular flexibility index (Phi) is 17.4. The van der Waals surface area contributed by atoms with Crippen LogP contribution in [-0.2, 0) is 43.0 Å². The fourth-order valence-corrected chi connectivity index (χ4v) is 3.21. The predicted molar refractivity (Wildman–Crippen MR) is 134 cm³/mol. The maximum Gasteiger partial charge on any atom is 0.328 e. The molecule has 222 valence electrons. The predicted octanol–water partition coefficient (Wildman–Crippen LogP) is -2.25. The Balaban J connectivity index is 5.20. The summed E-state index contributed by atoms with van der Waals surface area (Å²) in [4.78, 5) is 82.4. The molecular formula is C23H39N5O11. The van der Waals surface area contributed by atoms with Gasteiger partial charge in [-0.25, -0.2) is 4.79 Å². The topological polar surface area (TPSA) is 267 Å². The van der Waals surface area contributed by atoms with Crippen LogP contribution in [0.5, 0.6) is 0 Å². The van der Waals surface area contributed by atoms with Crippen molar-refractivity contribution in [3.05, 3.63) is 0 Å². The van der Waals surface area contributed by atoms with Crippen LogP contribution < -0.4 is 27.4 Å². The first-order valence-electron chi connectivity index (χ1n) is 12.3. The summed E-state index contributed by atoms with van der Waals surface area (Å²) in [6.07, 6.45) is -0.440. The summed E-state index contributed by atoms with van der Waals surface area (Å²) in [7, 11) is 2.27. The average molecular weight is 562 g/mol. The van der Waals surface area contributed by atoms with Crippen molar-refractivity contribution >= 4 is 41.6 Å². The van der Waals surface area contributed by atoms with E-state index in [2.05, 4.69) is 25.4 Å². The van der Waals surface area contributed by atoms with Crippen molar-refractivity contribution < 1.29 is 53.2 Å². The summed E-state index contributed by atoms with van der Waals surface area (Å²) >= 11 is 0. The highest BCUT2D eigenvalue weighted by Gasteiger charge is 2.29. The number of aliphatic carboxylic acids is 2. The summed E-state index contributed by atoms with van der Waals surface area (Å²) in [6.45, 7) is 0.157. The molecule has 0 aliphatic rings. The van der Waals surface area contributed by atoms with Gasteiger partial charge in [0.2, 0.25) is 17.7 Å². The fraction of sp³-hybridized carbons (Fsp3) is 0.696. The third-order valence-electron chi connectivity index (χ3n) is 5.53. The maximum absolute atomic E-state index is 13.0. The minimum absolute atomic E-state index is 0.0328. The Labute approximate surface area is 225 Å². The lowest BCUT2D eigenvalue weighted by Crippen LogP contribution is -2.54. The number of carbonyl (C=O) groups is 7. The molecule has 0 aromatic carbocycles. The molecular weight excluding hydrogens is 522 g/mol. The molecule has 16 nitrogen and oxygen atoms in total. The van der Waals surface area contributed by atoms with Gasteiger partial charge in [0.25, 0.3) is 0 Å². The van der Waals surface area contributed by atoms with E-state index in [1.54, 1.807) is 0 Å². The lowest BCUT2D eigenvalue weighted by Gasteiger charge is -2.23. The molecule has 9 N–H and O–H groups in total. The van der Waals surface area contributed by atoms with Crippen molar-refractivity contribution in [1.29, 1.82) is 0 Å². The van der Waals surface area contributed by atoms with Crippen LogP contribution in [0.3, 0.4) is 0 Å². The molecule has 0 aliphatic carbocycles. The van der Waals surface area contributed by atoms with Gasteiger partial charge >= 0.3 is 23.9 Å². The zero-order valence-corrected chi connectivity index (χ0v) is 22.1. The van der Waals surface area contributed by atoms with Crippen LogP contribution in [0, 0.1) is 0 Å². The van der Waals surface area contributed by atoms with E-state index >= 15 is 0 Å². The van der Waals surface area contributed by atoms with Crippen LogP contribution >= 0.6 is 0 Å². The molecule has 39 heavy (non-hydrogen) atoms. The number of carboxylic acid groups (broad SMARTS) is 2. The lowest BCUT2D eigenvalue weighted by atomic mass is 10.1. The number of unbranched alkanes of at least 4 members (excludes halogenated alkanes) is 1. The summed E-state index contributed by atoms with van der Waals surface area (Å²) < 4.78 is 9.20. The second kappa shape index (κ2) is 19.3. The van der Waals surface area contributed by atoms with Gasteiger partial charge in [-0.05, 0) is 38.5 Å². The van der Waals surface area contributed by atoms with Crippen LogP contribution in [0.1, 0.15) is 57.8 Å². The number of nitrogens with two attached hydrogens (primary N) is 2. The molecule has 0 aromatic rings. The molecule has 0 rings (SSSR count). The van der Waals surface area contributed by atoms with E-state index in [4.69, 9.17) is 21.7 Å². The van der Waals surface area contributed by atoms with Gasteiger partial charge in [-0.1, -0.05) is 0 Å². The van der Waals surface area contributed by atoms with Crippen LogP contribution in [0.15, 0.2) is 0 Å². The molecule has 4 atom stereocenters. The van der Waals surface area contributed by atoms with Gasteiger partial charge in [-0.15, -0.1) is 0 Å². The molecule has 0 heterocycles. The summed E-state index contributed by atoms with van der Waals surface area (Å²) in [6, 6.07) is -4.61. The number of hydrogen-bond acceptors (Lipinski definition) is 11. The van der Waals surface area contributed by atoms with E-state index in [0.717, 1.165) is 7.11 Å². The van der Waals surface area contributed by atoms with Crippen molar-refractivity contribution in [2.75, 3.05) is 20.8 Å². The third kappa shape index (κ3) is 15.9. The SMILES string of the molecule is COC(=O)CCC(NC(=O)C(CCCCNC(=O)C(N)CCC(=O)O)NC(=O)C(N)CCC(=O)O)C(=O)OC. The first-order chi connectivity index (χ1) is 18.3. The smallest absolute Gasteiger partial charge is 0.328 e. The van der Waals surface area contributed by atoms with E-state index in [-0.39, 0.29) is 51.5 Å². The number of carboxylic acids is 2. The number of carbonyl (C=O) groups excluding carboxylic acids is 5. The van der Waals surface area contributed by atoms with Gasteiger partial charge in [-0.2, -0.15) is 0 Å². The number of methoxy groups -OCH3 is 2. The Hall–Kier alpha value is -3.79. The van der Waals surface area contributed by atoms with Crippen molar-refractivity contribution in [3.63, 3.8) is 0 Å². The van der Waals surface area contributed by atoms with Gasteiger partial charge < -0.3 is 47.1 Å². The Morgan fingerprint density at radius 2 is 1.21 bits per heavy atom. The van der Waals surface area contributed by atoms with E-state index in [0.29, 0.717) is 12.8 Å². The number of amides is 3. The van der Waals surface area contributed by atoms with Crippen molar-refractivity contribution in [2.24, 2.45) is 11.5 Å². The fourth-order valence-electron chi connectivity index (χ4n) is 3.21. The van der Waals surface area contributed by atoms with Crippen molar-refractivity contribution in [3.8, 4) is 0 Å². The third-order valence-corrected chi connectivity index (χ3v) is 5.53. The zero-order chi connectivity index (χ0) is 30.0. The molecule has 4 unspecified atom stereocenters. The second-order valence-electron chi connectivity index (χ2n) is 8.62. The van der Waals surface area contributed by atoms with Crippen LogP contribution in [0.4, 0.5) is 0 Å². The molecule has 3 amide bonds. The Bertz CT molecular complexity index is 867. The van der Waals surface area contributed by atoms with Crippen molar-refractivity contribution in [2.45, 2.75) is 82.0 Å². The number of esters is 2. The van der Waals surface area contributed by atoms with E-state index in [9.17, 15) is 33.6 Å². The van der Waals surface area contributed by atoms with Gasteiger partial charge in [0.05, 0.1) is 26.3 Å². The molecule has 0 fully saturated rings. The maximum atomic E-state index is 13.0. The highest BCUT2D eigenvalue weighted by Crippen LogP contribution is 2.07. The molecule has 0 saturated heterocycles. The normalized spacial score (nSPS) is 13.6. The van der Waals surface area contributed by atoms with Gasteiger partial charge in [-0.3, -0.25) is 28.8 Å². The van der Waals surface area contributed by atoms with E-state index < -0.39 is 65.8 Å². The Morgan fingerprint density at radius 1 is 0.667 bits per heavy atom. The number of hydrogen-bond donors (Lipinski definition) is 7. The standard InChI is InChI=1S/C23H39N5O11/c1-38-19(33)11-8-16(23(37)39-2)28-22(36)15(27-21(35)14(25)7-10-18(31)32)5-3-4-12-26-20(34)13(24)6-9-17(29)30/h13-16H,3-12,24-25H2,1-2H3,(H,26,34)(H,27,35)(H,28,36)(H,29,30)(H,31,32). The minimum atomic E-state index is -1.21. The molecule has 0 saturated carbocycles. The number of ether oxygens (including phenoxy) is 2. The molecule has 0 aliphatic heterocycles. The molecule has 0 bridgehead atoms. The first kappa shape index (κ1) is 35.2. The zero-order valence-electron chi connectivity index (χ0n) is 22.1. The molecule has 0 spiro atoms. The van der Waals surface area contributed by atoms with E-state index in [1.807, 2.05) is 0 Å². The Morgan fingerprint density at radius 3 is 1.72 bits per heavy atom. The lowest BCUT2D eigenvalue weighted by molar-refractivity contribution is -0.146. The highest BCUT2D eigenvalue weighted by atomic mass is 16.5. The average Bonchev–Trinajstić information content (AvgIpc) is 2.90. The highest BCUT2D eigenvalue weighted by molar-refractivity contribution is 5.92. The largest absolute Gasteiger partial charge is 0.481 e. The summed E-state index contributed by atoms with van der Waals surface area (Å²) in [5.74, 6) is -5.74. The van der Waals surface area contributed by atoms with Crippen LogP contribution in [0.2, 0.25) is 0 Å². The first-order valence-corrected chi connectivity index (χ1v) is 12.3.